The monoisotopic (exact) mass is 397 g/mol. The molecular formula is C19H25Cl2N3O2. The number of nitrogens with one attached hydrogen (secondary N) is 1. The number of carbonyl (C=O) groups excluding carboxylic acids is 1. The number of anilines is 2. The minimum atomic E-state index is -0.657. The van der Waals surface area contributed by atoms with Gasteiger partial charge in [-0.25, -0.2) is 0 Å². The van der Waals surface area contributed by atoms with Gasteiger partial charge in [-0.05, 0) is 35.7 Å². The van der Waals surface area contributed by atoms with E-state index in [1.807, 2.05) is 24.3 Å². The average Bonchev–Trinajstić information content (AvgIpc) is 3.00. The van der Waals surface area contributed by atoms with Crippen molar-refractivity contribution in [2.75, 3.05) is 30.5 Å². The van der Waals surface area contributed by atoms with Gasteiger partial charge in [0.25, 0.3) is 0 Å². The number of hydrogen-bond acceptors (Lipinski definition) is 4. The summed E-state index contributed by atoms with van der Waals surface area (Å²) in [6.45, 7) is 2.12. The van der Waals surface area contributed by atoms with Crippen LogP contribution in [0.4, 0.5) is 11.4 Å². The third-order valence-electron chi connectivity index (χ3n) is 4.26. The van der Waals surface area contributed by atoms with E-state index in [2.05, 4.69) is 34.5 Å². The first-order chi connectivity index (χ1) is 11.7. The molecule has 5 nitrogen and oxygen atoms in total. The number of nitrogens with two attached hydrogens (primary N) is 1. The molecule has 1 atom stereocenters. The fourth-order valence-corrected chi connectivity index (χ4v) is 2.97. The van der Waals surface area contributed by atoms with Gasteiger partial charge in [-0.3, -0.25) is 4.79 Å². The van der Waals surface area contributed by atoms with E-state index < -0.39 is 6.04 Å². The SMILES string of the molecule is COCC(N)C(=O)Nc1ccc(CN2CCc3ccccc32)cc1.Cl.Cl. The van der Waals surface area contributed by atoms with Gasteiger partial charge in [0.15, 0.2) is 0 Å². The average molecular weight is 398 g/mol. The predicted octanol–water partition coefficient (Wildman–Crippen LogP) is 3.01. The van der Waals surface area contributed by atoms with Crippen LogP contribution in [0.5, 0.6) is 0 Å². The summed E-state index contributed by atoms with van der Waals surface area (Å²) >= 11 is 0. The van der Waals surface area contributed by atoms with E-state index in [4.69, 9.17) is 10.5 Å². The highest BCUT2D eigenvalue weighted by atomic mass is 35.5. The molecule has 0 bridgehead atoms. The molecule has 0 saturated carbocycles. The van der Waals surface area contributed by atoms with Gasteiger partial charge in [-0.15, -0.1) is 24.8 Å². The van der Waals surface area contributed by atoms with E-state index in [1.165, 1.54) is 23.9 Å². The van der Waals surface area contributed by atoms with Gasteiger partial charge in [0.2, 0.25) is 5.91 Å². The number of rotatable bonds is 6. The fourth-order valence-electron chi connectivity index (χ4n) is 2.97. The van der Waals surface area contributed by atoms with Crippen LogP contribution in [0.2, 0.25) is 0 Å². The maximum Gasteiger partial charge on any atom is 0.243 e. The van der Waals surface area contributed by atoms with E-state index in [0.29, 0.717) is 0 Å². The molecule has 1 aliphatic heterocycles. The standard InChI is InChI=1S/C19H23N3O2.2ClH/c1-24-13-17(20)19(23)21-16-8-6-14(7-9-16)12-22-11-10-15-4-2-3-5-18(15)22;;/h2-9,17H,10-13,20H2,1H3,(H,21,23);2*1H. The lowest BCUT2D eigenvalue weighted by Gasteiger charge is -2.19. The number of benzene rings is 2. The number of hydrogen-bond donors (Lipinski definition) is 2. The Morgan fingerprint density at radius 2 is 1.88 bits per heavy atom. The Morgan fingerprint density at radius 1 is 1.19 bits per heavy atom. The summed E-state index contributed by atoms with van der Waals surface area (Å²) in [7, 11) is 1.53. The van der Waals surface area contributed by atoms with Crippen LogP contribution in [0, 0.1) is 0 Å². The van der Waals surface area contributed by atoms with Crippen LogP contribution in [0.25, 0.3) is 0 Å². The van der Waals surface area contributed by atoms with Crippen molar-refractivity contribution in [1.29, 1.82) is 0 Å². The van der Waals surface area contributed by atoms with Gasteiger partial charge in [0.05, 0.1) is 6.61 Å². The van der Waals surface area contributed by atoms with Crippen LogP contribution in [-0.4, -0.2) is 32.2 Å². The van der Waals surface area contributed by atoms with E-state index in [1.54, 1.807) is 0 Å². The molecule has 0 aliphatic carbocycles. The lowest BCUT2D eigenvalue weighted by atomic mass is 10.1. The third-order valence-corrected chi connectivity index (χ3v) is 4.26. The second kappa shape index (κ2) is 10.4. The Bertz CT molecular complexity index is 710. The molecule has 0 radical (unpaired) electrons. The summed E-state index contributed by atoms with van der Waals surface area (Å²) in [4.78, 5) is 14.3. The Kier molecular flexibility index (Phi) is 8.88. The maximum absolute atomic E-state index is 11.9. The fraction of sp³-hybridized carbons (Fsp3) is 0.316. The van der Waals surface area contributed by atoms with Gasteiger partial charge >= 0.3 is 0 Å². The smallest absolute Gasteiger partial charge is 0.243 e. The Balaban J connectivity index is 0.00000169. The topological polar surface area (TPSA) is 67.6 Å². The van der Waals surface area contributed by atoms with Crippen LogP contribution in [0.1, 0.15) is 11.1 Å². The van der Waals surface area contributed by atoms with Crippen molar-refractivity contribution in [3.05, 3.63) is 59.7 Å². The van der Waals surface area contributed by atoms with Crippen molar-refractivity contribution >= 4 is 42.1 Å². The second-order valence-electron chi connectivity index (χ2n) is 6.05. The highest BCUT2D eigenvalue weighted by Crippen LogP contribution is 2.28. The van der Waals surface area contributed by atoms with Crippen LogP contribution in [0.15, 0.2) is 48.5 Å². The highest BCUT2D eigenvalue weighted by Gasteiger charge is 2.18. The maximum atomic E-state index is 11.9. The summed E-state index contributed by atoms with van der Waals surface area (Å²) in [5, 5.41) is 2.81. The lowest BCUT2D eigenvalue weighted by molar-refractivity contribution is -0.118. The van der Waals surface area contributed by atoms with E-state index in [9.17, 15) is 4.79 Å². The quantitative estimate of drug-likeness (QED) is 0.785. The van der Waals surface area contributed by atoms with Crippen molar-refractivity contribution in [3.8, 4) is 0 Å². The summed E-state index contributed by atoms with van der Waals surface area (Å²) < 4.78 is 4.89. The normalized spacial score (nSPS) is 13.2. The summed E-state index contributed by atoms with van der Waals surface area (Å²) in [5.41, 5.74) is 10.4. The number of halogens is 2. The largest absolute Gasteiger partial charge is 0.383 e. The highest BCUT2D eigenvalue weighted by molar-refractivity contribution is 5.94. The van der Waals surface area contributed by atoms with Crippen molar-refractivity contribution in [3.63, 3.8) is 0 Å². The molecule has 1 heterocycles. The van der Waals surface area contributed by atoms with Crippen LogP contribution in [-0.2, 0) is 22.5 Å². The molecular weight excluding hydrogens is 373 g/mol. The zero-order valence-electron chi connectivity index (χ0n) is 14.7. The molecule has 26 heavy (non-hydrogen) atoms. The molecule has 2 aromatic carbocycles. The van der Waals surface area contributed by atoms with Gasteiger partial charge in [0.1, 0.15) is 6.04 Å². The Morgan fingerprint density at radius 3 is 2.58 bits per heavy atom. The molecule has 3 N–H and O–H groups in total. The second-order valence-corrected chi connectivity index (χ2v) is 6.05. The molecule has 2 aromatic rings. The first-order valence-electron chi connectivity index (χ1n) is 8.14. The van der Waals surface area contributed by atoms with Crippen LogP contribution >= 0.6 is 24.8 Å². The molecule has 0 aromatic heterocycles. The molecule has 1 unspecified atom stereocenters. The third kappa shape index (κ3) is 5.35. The minimum Gasteiger partial charge on any atom is -0.383 e. The van der Waals surface area contributed by atoms with E-state index in [-0.39, 0.29) is 37.3 Å². The Labute approximate surface area is 166 Å². The number of nitrogens with zero attached hydrogens (tertiary/aromatic N) is 1. The molecule has 1 amide bonds. The molecule has 0 saturated heterocycles. The molecule has 7 heteroatoms. The molecule has 1 aliphatic rings. The number of carbonyl (C=O) groups is 1. The van der Waals surface area contributed by atoms with Crippen LogP contribution in [0.3, 0.4) is 0 Å². The van der Waals surface area contributed by atoms with Crippen molar-refractivity contribution < 1.29 is 9.53 Å². The molecule has 3 rings (SSSR count). The first kappa shape index (κ1) is 22.3. The van der Waals surface area contributed by atoms with Gasteiger partial charge < -0.3 is 20.7 Å². The number of methoxy groups -OCH3 is 1. The van der Waals surface area contributed by atoms with Crippen molar-refractivity contribution in [2.24, 2.45) is 5.73 Å². The molecule has 142 valence electrons. The van der Waals surface area contributed by atoms with Crippen molar-refractivity contribution in [2.45, 2.75) is 19.0 Å². The first-order valence-corrected chi connectivity index (χ1v) is 8.14. The Hall–Kier alpha value is -1.79. The van der Waals surface area contributed by atoms with Crippen molar-refractivity contribution in [1.82, 2.24) is 0 Å². The van der Waals surface area contributed by atoms with Crippen LogP contribution < -0.4 is 16.0 Å². The minimum absolute atomic E-state index is 0. The van der Waals surface area contributed by atoms with Gasteiger partial charge in [0, 0.05) is 31.6 Å². The predicted molar refractivity (Wildman–Crippen MR) is 111 cm³/mol. The van der Waals surface area contributed by atoms with Gasteiger partial charge in [-0.1, -0.05) is 30.3 Å². The number of para-hydroxylation sites is 1. The summed E-state index contributed by atoms with van der Waals surface area (Å²) in [6, 6.07) is 15.8. The number of fused-ring (bicyclic) bond motifs is 1. The van der Waals surface area contributed by atoms with E-state index >= 15 is 0 Å². The van der Waals surface area contributed by atoms with E-state index in [0.717, 1.165) is 25.2 Å². The number of amides is 1. The molecule has 0 fully saturated rings. The zero-order valence-corrected chi connectivity index (χ0v) is 16.3. The summed E-state index contributed by atoms with van der Waals surface area (Å²) in [5.74, 6) is -0.238. The lowest BCUT2D eigenvalue weighted by Crippen LogP contribution is -2.39. The zero-order chi connectivity index (χ0) is 16.9. The number of ether oxygens (including phenoxy) is 1. The summed E-state index contributed by atoms with van der Waals surface area (Å²) in [6.07, 6.45) is 1.10. The van der Waals surface area contributed by atoms with Gasteiger partial charge in [-0.2, -0.15) is 0 Å². The molecule has 0 spiro atoms.